The zero-order chi connectivity index (χ0) is 15.5. The van der Waals surface area contributed by atoms with Gasteiger partial charge in [-0.25, -0.2) is 0 Å². The van der Waals surface area contributed by atoms with Crippen molar-refractivity contribution < 1.29 is 9.53 Å². The second kappa shape index (κ2) is 6.59. The highest BCUT2D eigenvalue weighted by Gasteiger charge is 2.32. The number of piperidine rings is 1. The fourth-order valence-electron chi connectivity index (χ4n) is 3.20. The monoisotopic (exact) mass is 302 g/mol. The largest absolute Gasteiger partial charge is 0.495 e. The summed E-state index contributed by atoms with van der Waals surface area (Å²) in [5.74, 6) is 1.49. The van der Waals surface area contributed by atoms with E-state index >= 15 is 0 Å². The molecule has 4 heteroatoms. The van der Waals surface area contributed by atoms with Crippen molar-refractivity contribution in [2.45, 2.75) is 39.0 Å². The van der Waals surface area contributed by atoms with E-state index in [0.29, 0.717) is 5.92 Å². The average Bonchev–Trinajstić information content (AvgIpc) is 3.39. The summed E-state index contributed by atoms with van der Waals surface area (Å²) in [7, 11) is 1.65. The molecule has 120 valence electrons. The minimum absolute atomic E-state index is 0.0864. The number of benzene rings is 1. The molecule has 2 aliphatic rings. The Balaban J connectivity index is 1.76. The molecule has 4 nitrogen and oxygen atoms in total. The number of nitrogens with one attached hydrogen (secondary N) is 1. The van der Waals surface area contributed by atoms with Crippen molar-refractivity contribution in [2.75, 3.05) is 30.4 Å². The third kappa shape index (κ3) is 3.37. The lowest BCUT2D eigenvalue weighted by Crippen LogP contribution is -2.29. The van der Waals surface area contributed by atoms with Crippen molar-refractivity contribution in [3.63, 3.8) is 0 Å². The standard InChI is InChI=1S/C18H26N2O2/c1-13(14-6-7-14)18(21)19-16-12-15(8-9-17(16)22-2)20-10-4-3-5-11-20/h8-9,12-14H,3-7,10-11H2,1-2H3,(H,19,21). The number of rotatable bonds is 5. The van der Waals surface area contributed by atoms with E-state index in [-0.39, 0.29) is 11.8 Å². The molecule has 22 heavy (non-hydrogen) atoms. The highest BCUT2D eigenvalue weighted by Crippen LogP contribution is 2.38. The Morgan fingerprint density at radius 2 is 2.00 bits per heavy atom. The molecule has 1 N–H and O–H groups in total. The van der Waals surface area contributed by atoms with E-state index in [1.54, 1.807) is 7.11 Å². The Labute approximate surface area is 132 Å². The summed E-state index contributed by atoms with van der Waals surface area (Å²) < 4.78 is 5.41. The lowest BCUT2D eigenvalue weighted by Gasteiger charge is -2.29. The average molecular weight is 302 g/mol. The molecule has 2 fully saturated rings. The first-order chi connectivity index (χ1) is 10.7. The van der Waals surface area contributed by atoms with Gasteiger partial charge in [0.25, 0.3) is 0 Å². The molecular formula is C18H26N2O2. The quantitative estimate of drug-likeness (QED) is 0.902. The minimum atomic E-state index is 0.0864. The van der Waals surface area contributed by atoms with Crippen molar-refractivity contribution in [2.24, 2.45) is 11.8 Å². The van der Waals surface area contributed by atoms with Crippen molar-refractivity contribution in [1.82, 2.24) is 0 Å². The zero-order valence-electron chi connectivity index (χ0n) is 13.6. The van der Waals surface area contributed by atoms with Crippen LogP contribution in [0.15, 0.2) is 18.2 Å². The number of hydrogen-bond acceptors (Lipinski definition) is 3. The van der Waals surface area contributed by atoms with Gasteiger partial charge in [-0.15, -0.1) is 0 Å². The first-order valence-corrected chi connectivity index (χ1v) is 8.43. The van der Waals surface area contributed by atoms with Crippen LogP contribution in [-0.2, 0) is 4.79 Å². The first kappa shape index (κ1) is 15.2. The molecule has 1 aromatic carbocycles. The molecule has 1 unspecified atom stereocenters. The molecule has 1 atom stereocenters. The van der Waals surface area contributed by atoms with Crippen LogP contribution in [0.25, 0.3) is 0 Å². The van der Waals surface area contributed by atoms with E-state index < -0.39 is 0 Å². The SMILES string of the molecule is COc1ccc(N2CCCCC2)cc1NC(=O)C(C)C1CC1. The Hall–Kier alpha value is -1.71. The third-order valence-corrected chi connectivity index (χ3v) is 4.90. The van der Waals surface area contributed by atoms with Crippen LogP contribution >= 0.6 is 0 Å². The summed E-state index contributed by atoms with van der Waals surface area (Å²) in [6.45, 7) is 4.21. The van der Waals surface area contributed by atoms with Gasteiger partial charge in [-0.1, -0.05) is 6.92 Å². The second-order valence-corrected chi connectivity index (χ2v) is 6.55. The molecule has 0 radical (unpaired) electrons. The first-order valence-electron chi connectivity index (χ1n) is 8.43. The molecule has 1 aliphatic heterocycles. The Morgan fingerprint density at radius 1 is 1.27 bits per heavy atom. The summed E-state index contributed by atoms with van der Waals surface area (Å²) in [6, 6.07) is 6.10. The third-order valence-electron chi connectivity index (χ3n) is 4.90. The fourth-order valence-corrected chi connectivity index (χ4v) is 3.20. The van der Waals surface area contributed by atoms with E-state index in [1.807, 2.05) is 13.0 Å². The van der Waals surface area contributed by atoms with Crippen LogP contribution in [0.2, 0.25) is 0 Å². The van der Waals surface area contributed by atoms with Gasteiger partial charge in [0.15, 0.2) is 0 Å². The minimum Gasteiger partial charge on any atom is -0.495 e. The van der Waals surface area contributed by atoms with Crippen molar-refractivity contribution in [3.8, 4) is 5.75 Å². The van der Waals surface area contributed by atoms with Crippen LogP contribution in [0, 0.1) is 11.8 Å². The summed E-state index contributed by atoms with van der Waals surface area (Å²) in [5, 5.41) is 3.07. The molecule has 1 saturated heterocycles. The number of carbonyl (C=O) groups excluding carboxylic acids is 1. The number of hydrogen-bond donors (Lipinski definition) is 1. The number of anilines is 2. The molecule has 1 aliphatic carbocycles. The molecular weight excluding hydrogens is 276 g/mol. The van der Waals surface area contributed by atoms with E-state index in [1.165, 1.54) is 37.8 Å². The molecule has 1 saturated carbocycles. The van der Waals surface area contributed by atoms with E-state index in [2.05, 4.69) is 22.3 Å². The highest BCUT2D eigenvalue weighted by atomic mass is 16.5. The van der Waals surface area contributed by atoms with Crippen LogP contribution in [-0.4, -0.2) is 26.1 Å². The van der Waals surface area contributed by atoms with E-state index in [9.17, 15) is 4.79 Å². The Morgan fingerprint density at radius 3 is 2.64 bits per heavy atom. The van der Waals surface area contributed by atoms with Gasteiger partial charge >= 0.3 is 0 Å². The maximum absolute atomic E-state index is 12.4. The van der Waals surface area contributed by atoms with Crippen LogP contribution in [0.3, 0.4) is 0 Å². The van der Waals surface area contributed by atoms with Gasteiger partial charge in [0.1, 0.15) is 5.75 Å². The topological polar surface area (TPSA) is 41.6 Å². The Kier molecular flexibility index (Phi) is 4.55. The van der Waals surface area contributed by atoms with Crippen LogP contribution in [0.1, 0.15) is 39.0 Å². The van der Waals surface area contributed by atoms with Crippen molar-refractivity contribution in [3.05, 3.63) is 18.2 Å². The summed E-state index contributed by atoms with van der Waals surface area (Å²) in [4.78, 5) is 14.8. The predicted molar refractivity (Wildman–Crippen MR) is 89.6 cm³/mol. The predicted octanol–water partition coefficient (Wildman–Crippen LogP) is 3.67. The summed E-state index contributed by atoms with van der Waals surface area (Å²) >= 11 is 0. The Bertz CT molecular complexity index is 534. The molecule has 3 rings (SSSR count). The van der Waals surface area contributed by atoms with E-state index in [4.69, 9.17) is 4.74 Å². The summed E-state index contributed by atoms with van der Waals surface area (Å²) in [6.07, 6.45) is 6.16. The van der Waals surface area contributed by atoms with Gasteiger partial charge in [-0.05, 0) is 56.2 Å². The van der Waals surface area contributed by atoms with Crippen LogP contribution < -0.4 is 15.0 Å². The number of amides is 1. The fraction of sp³-hybridized carbons (Fsp3) is 0.611. The smallest absolute Gasteiger partial charge is 0.227 e. The highest BCUT2D eigenvalue weighted by molar-refractivity contribution is 5.94. The van der Waals surface area contributed by atoms with Gasteiger partial charge in [0.05, 0.1) is 12.8 Å². The van der Waals surface area contributed by atoms with Crippen molar-refractivity contribution >= 4 is 17.3 Å². The van der Waals surface area contributed by atoms with Crippen LogP contribution in [0.4, 0.5) is 11.4 Å². The van der Waals surface area contributed by atoms with Crippen LogP contribution in [0.5, 0.6) is 5.75 Å². The summed E-state index contributed by atoms with van der Waals surface area (Å²) in [5.41, 5.74) is 1.97. The number of carbonyl (C=O) groups is 1. The van der Waals surface area contributed by atoms with Gasteiger partial charge in [-0.2, -0.15) is 0 Å². The normalized spacial score (nSPS) is 19.6. The maximum Gasteiger partial charge on any atom is 0.227 e. The lowest BCUT2D eigenvalue weighted by atomic mass is 10.1. The number of nitrogens with zero attached hydrogens (tertiary/aromatic N) is 1. The van der Waals surface area contributed by atoms with Crippen molar-refractivity contribution in [1.29, 1.82) is 0 Å². The molecule has 1 amide bonds. The van der Waals surface area contributed by atoms with Gasteiger partial charge in [0.2, 0.25) is 5.91 Å². The van der Waals surface area contributed by atoms with Gasteiger partial charge in [0, 0.05) is 24.7 Å². The van der Waals surface area contributed by atoms with Gasteiger partial charge in [-0.3, -0.25) is 4.79 Å². The molecule has 0 bridgehead atoms. The van der Waals surface area contributed by atoms with Gasteiger partial charge < -0.3 is 15.0 Å². The maximum atomic E-state index is 12.4. The zero-order valence-corrected chi connectivity index (χ0v) is 13.6. The molecule has 1 aromatic rings. The molecule has 0 spiro atoms. The molecule has 1 heterocycles. The molecule has 0 aromatic heterocycles. The lowest BCUT2D eigenvalue weighted by molar-refractivity contribution is -0.119. The number of ether oxygens (including phenoxy) is 1. The number of methoxy groups -OCH3 is 1. The van der Waals surface area contributed by atoms with E-state index in [0.717, 1.165) is 24.5 Å². The second-order valence-electron chi connectivity index (χ2n) is 6.55.